The molecule has 2 heterocycles. The number of terminal acetylenes is 1. The largest absolute Gasteiger partial charge is 0.340 e. The molecule has 4 aromatic carbocycles. The van der Waals surface area contributed by atoms with Crippen LogP contribution < -0.4 is 54.0 Å². The average Bonchev–Trinajstić information content (AvgIpc) is 3.14. The normalized spacial score (nSPS) is 13.5. The van der Waals surface area contributed by atoms with E-state index < -0.39 is 0 Å². The molecule has 1 aromatic heterocycles. The Kier molecular flexibility index (Phi) is 10.5. The summed E-state index contributed by atoms with van der Waals surface area (Å²) in [6.45, 7) is 18.6. The lowest BCUT2D eigenvalue weighted by Crippen LogP contribution is -2.50. The number of nitrogens with zero attached hydrogens (tertiary/aromatic N) is 2. The molecular weight excluding hydrogens is 780 g/mol. The van der Waals surface area contributed by atoms with Crippen molar-refractivity contribution in [2.75, 3.05) is 4.90 Å². The summed E-state index contributed by atoms with van der Waals surface area (Å²) in [7, 11) is 21.7. The molecule has 1 aliphatic heterocycles. The molecule has 0 aliphatic carbocycles. The van der Waals surface area contributed by atoms with E-state index in [0.717, 1.165) is 91.9 Å². The third-order valence-electron chi connectivity index (χ3n) is 13.7. The first-order chi connectivity index (χ1) is 25.1. The molecule has 3 nitrogen and oxygen atoms in total. The minimum atomic E-state index is -0.0905. The summed E-state index contributed by atoms with van der Waals surface area (Å²) < 4.78 is 4.45. The van der Waals surface area contributed by atoms with Gasteiger partial charge in [-0.2, -0.15) is 0 Å². The summed E-state index contributed by atoms with van der Waals surface area (Å²) >= 11 is 8.18. The van der Waals surface area contributed by atoms with Crippen LogP contribution in [-0.4, -0.2) is 83.0 Å². The van der Waals surface area contributed by atoms with Crippen LogP contribution in [0.5, 0.6) is 0 Å². The first-order valence-corrected chi connectivity index (χ1v) is 20.5. The first-order valence-electron chi connectivity index (χ1n) is 18.9. The molecule has 0 saturated carbocycles. The van der Waals surface area contributed by atoms with Gasteiger partial charge in [0, 0.05) is 54.3 Å². The van der Waals surface area contributed by atoms with Gasteiger partial charge in [0.25, 0.3) is 0 Å². The second kappa shape index (κ2) is 14.1. The summed E-state index contributed by atoms with van der Waals surface area (Å²) in [6.07, 6.45) is 6.46. The molecule has 0 spiro atoms. The monoisotopic (exact) mass is 824 g/mol. The minimum absolute atomic E-state index is 0.0905. The molecule has 0 radical (unpaired) electrons. The summed E-state index contributed by atoms with van der Waals surface area (Å²) in [5.74, 6) is 3.02. The molecule has 1 unspecified atom stereocenters. The van der Waals surface area contributed by atoms with E-state index in [0.29, 0.717) is 6.54 Å². The highest BCUT2D eigenvalue weighted by molar-refractivity contribution is 9.11. The van der Waals surface area contributed by atoms with Gasteiger partial charge in [-0.05, 0) is 113 Å². The van der Waals surface area contributed by atoms with Crippen LogP contribution in [0.25, 0.3) is 27.4 Å². The maximum atomic E-state index is 14.8. The Morgan fingerprint density at radius 1 is 0.667 bits per heavy atom. The number of anilines is 2. The highest BCUT2D eigenvalue weighted by Crippen LogP contribution is 2.52. The number of pyridine rings is 1. The molecule has 0 saturated heterocycles. The SMILES string of the molecule is B/C(C#C)=C(/C(B)Cn1c2c(B)c(B)c(B)c(B)c2c(=O)c2c(B)c(C)c(C)c(Br)c21)N1c2c(B)c(C)c(C)c(C)c2C(=C)c2c(C)c(B)c(B)c(Br)c21. The Hall–Kier alpha value is -3.20. The Labute approximate surface area is 347 Å². The number of aromatic nitrogens is 1. The number of rotatable bonds is 4. The summed E-state index contributed by atoms with van der Waals surface area (Å²) in [5, 5.41) is 1.58. The summed E-state index contributed by atoms with van der Waals surface area (Å²) in [6, 6.07) is 0. The zero-order valence-corrected chi connectivity index (χ0v) is 38.3. The van der Waals surface area contributed by atoms with E-state index >= 15 is 0 Å². The van der Waals surface area contributed by atoms with Gasteiger partial charge in [-0.15, -0.1) is 11.9 Å². The fraction of sp³-hybridized carbons (Fsp3) is 0.205. The van der Waals surface area contributed by atoms with Crippen molar-refractivity contribution in [1.29, 1.82) is 0 Å². The Morgan fingerprint density at radius 3 is 1.80 bits per heavy atom. The van der Waals surface area contributed by atoms with Crippen molar-refractivity contribution in [1.82, 2.24) is 4.57 Å². The van der Waals surface area contributed by atoms with E-state index in [-0.39, 0.29) is 11.2 Å². The average molecular weight is 825 g/mol. The molecule has 0 amide bonds. The molecule has 6 rings (SSSR count). The second-order valence-electron chi connectivity index (χ2n) is 16.1. The van der Waals surface area contributed by atoms with Crippen LogP contribution in [0.3, 0.4) is 0 Å². The van der Waals surface area contributed by atoms with Gasteiger partial charge in [0.15, 0.2) is 13.3 Å². The van der Waals surface area contributed by atoms with Gasteiger partial charge in [-0.1, -0.05) is 61.9 Å². The fourth-order valence-electron chi connectivity index (χ4n) is 9.25. The molecule has 0 fully saturated rings. The van der Waals surface area contributed by atoms with Crippen molar-refractivity contribution in [3.8, 4) is 12.3 Å². The Morgan fingerprint density at radius 2 is 1.20 bits per heavy atom. The van der Waals surface area contributed by atoms with Crippen LogP contribution in [0.1, 0.15) is 44.5 Å². The van der Waals surface area contributed by atoms with E-state index in [4.69, 9.17) is 13.0 Å². The van der Waals surface area contributed by atoms with Crippen molar-refractivity contribution in [3.63, 3.8) is 0 Å². The quantitative estimate of drug-likeness (QED) is 0.103. The smallest absolute Gasteiger partial charge is 0.196 e. The van der Waals surface area contributed by atoms with Crippen LogP contribution in [0.4, 0.5) is 11.4 Å². The third-order valence-corrected chi connectivity index (χ3v) is 15.6. The predicted molar refractivity (Wildman–Crippen MR) is 275 cm³/mol. The van der Waals surface area contributed by atoms with E-state index in [2.05, 4.69) is 167 Å². The first kappa shape index (κ1) is 40.5. The zero-order chi connectivity index (χ0) is 40.3. The number of hydrogen-bond acceptors (Lipinski definition) is 2. The predicted octanol–water partition coefficient (Wildman–Crippen LogP) is -5.29. The lowest BCUT2D eigenvalue weighted by molar-refractivity contribution is 0.722. The van der Waals surface area contributed by atoms with Gasteiger partial charge in [-0.3, -0.25) is 4.79 Å². The number of benzene rings is 4. The van der Waals surface area contributed by atoms with Gasteiger partial charge < -0.3 is 9.47 Å². The maximum Gasteiger partial charge on any atom is 0.196 e. The van der Waals surface area contributed by atoms with E-state index in [9.17, 15) is 4.79 Å². The number of allylic oxidation sites excluding steroid dienone is 2. The molecule has 15 heteroatoms. The van der Waals surface area contributed by atoms with Gasteiger partial charge in [0.1, 0.15) is 70.6 Å². The van der Waals surface area contributed by atoms with Gasteiger partial charge >= 0.3 is 0 Å². The molecule has 0 N–H and O–H groups in total. The maximum absolute atomic E-state index is 14.8. The van der Waals surface area contributed by atoms with Gasteiger partial charge in [-0.25, -0.2) is 0 Å². The van der Waals surface area contributed by atoms with Crippen molar-refractivity contribution in [2.24, 2.45) is 0 Å². The number of hydrogen-bond donors (Lipinski definition) is 0. The molecule has 0 bridgehead atoms. The van der Waals surface area contributed by atoms with Crippen LogP contribution in [0.15, 0.2) is 31.5 Å². The molecule has 5 aromatic rings. The van der Waals surface area contributed by atoms with E-state index in [1.54, 1.807) is 0 Å². The molecule has 54 heavy (non-hydrogen) atoms. The van der Waals surface area contributed by atoms with Crippen molar-refractivity contribution in [2.45, 2.75) is 53.9 Å². The minimum Gasteiger partial charge on any atom is -0.340 e. The van der Waals surface area contributed by atoms with E-state index in [1.807, 2.05) is 0 Å². The zero-order valence-electron chi connectivity index (χ0n) is 35.1. The van der Waals surface area contributed by atoms with Crippen LogP contribution in [0, 0.1) is 53.9 Å². The van der Waals surface area contributed by atoms with Crippen LogP contribution >= 0.6 is 31.9 Å². The van der Waals surface area contributed by atoms with E-state index in [1.165, 1.54) is 55.1 Å². The van der Waals surface area contributed by atoms with Gasteiger partial charge in [0.2, 0.25) is 0 Å². The molecule has 1 aliphatic rings. The van der Waals surface area contributed by atoms with Crippen LogP contribution in [0.2, 0.25) is 5.82 Å². The second-order valence-corrected chi connectivity index (χ2v) is 17.7. The third kappa shape index (κ3) is 5.47. The Bertz CT molecular complexity index is 2590. The fourth-order valence-corrected chi connectivity index (χ4v) is 10.6. The lowest BCUT2D eigenvalue weighted by atomic mass is 9.65. The van der Waals surface area contributed by atoms with Gasteiger partial charge in [0.05, 0.1) is 11.2 Å². The Balaban J connectivity index is 1.79. The molecule has 1 atom stereocenters. The van der Waals surface area contributed by atoms with Crippen molar-refractivity contribution < 1.29 is 0 Å². The number of halogens is 2. The van der Waals surface area contributed by atoms with Crippen molar-refractivity contribution >= 4 is 193 Å². The highest BCUT2D eigenvalue weighted by Gasteiger charge is 2.37. The van der Waals surface area contributed by atoms with Crippen molar-refractivity contribution in [3.05, 3.63) is 81.4 Å². The summed E-state index contributed by atoms with van der Waals surface area (Å²) in [5.41, 5.74) is 26.2. The molecular formula is C39H44B10Br2N2O. The number of fused-ring (bicyclic) bond motifs is 4. The summed E-state index contributed by atoms with van der Waals surface area (Å²) in [4.78, 5) is 17.3. The standard InChI is InChI=1S/C39H44B10Br2N2O/c1-9-18(40)34(53-36-20(12(3)11(2)13(4)26(36)44)16(7)21-17(8)25(43)30(48)33(51)38(21)53)19(41)10-52-35-23(27(45)28(46)29(47)31(35)49)39(54)22-24(42)14(5)15(6)32(50)37(22)52/h1,19H,7,10,40-49H2,2-6,8H3/b34-18-. The lowest BCUT2D eigenvalue weighted by Gasteiger charge is -2.43. The van der Waals surface area contributed by atoms with Crippen LogP contribution in [-0.2, 0) is 6.54 Å². The molecule has 260 valence electrons. The highest BCUT2D eigenvalue weighted by atomic mass is 79.9. The topological polar surface area (TPSA) is 25.2 Å².